The smallest absolute Gasteiger partial charge is 0.399 e. The first-order valence-electron chi connectivity index (χ1n) is 11.6. The Morgan fingerprint density at radius 1 is 0.618 bits per heavy atom. The molecule has 4 heterocycles. The first-order chi connectivity index (χ1) is 16.3. The van der Waals surface area contributed by atoms with Gasteiger partial charge in [-0.2, -0.15) is 0 Å². The van der Waals surface area contributed by atoms with E-state index in [1.807, 2.05) is 34.0 Å². The number of hydrogen-bond acceptors (Lipinski definition) is 5. The quantitative estimate of drug-likeness (QED) is 0.212. The van der Waals surface area contributed by atoms with Gasteiger partial charge >= 0.3 is 7.12 Å². The van der Waals surface area contributed by atoms with Crippen molar-refractivity contribution < 1.29 is 9.31 Å². The summed E-state index contributed by atoms with van der Waals surface area (Å²) in [5, 5.41) is 8.26. The van der Waals surface area contributed by atoms with E-state index in [1.165, 1.54) is 60.5 Å². The van der Waals surface area contributed by atoms with Crippen molar-refractivity contribution in [2.45, 2.75) is 38.9 Å². The molecule has 0 bridgehead atoms. The number of hydrogen-bond donors (Lipinski definition) is 0. The molecule has 34 heavy (non-hydrogen) atoms. The van der Waals surface area contributed by atoms with Gasteiger partial charge in [0.1, 0.15) is 0 Å². The summed E-state index contributed by atoms with van der Waals surface area (Å²) in [6.45, 7) is 8.50. The summed E-state index contributed by atoms with van der Waals surface area (Å²) in [6, 6.07) is 20.3. The fourth-order valence-electron chi connectivity index (χ4n) is 5.45. The van der Waals surface area contributed by atoms with Crippen LogP contribution in [0.3, 0.4) is 0 Å². The van der Waals surface area contributed by atoms with Crippen molar-refractivity contribution in [1.29, 1.82) is 0 Å². The molecular formula is C28H21BO2S3. The average molecular weight is 496 g/mol. The summed E-state index contributed by atoms with van der Waals surface area (Å²) >= 11 is 5.73. The van der Waals surface area contributed by atoms with Gasteiger partial charge in [0.25, 0.3) is 0 Å². The predicted molar refractivity (Wildman–Crippen MR) is 152 cm³/mol. The molecule has 2 nitrogen and oxygen atoms in total. The molecule has 3 aromatic heterocycles. The minimum atomic E-state index is -0.360. The normalized spacial score (nSPS) is 18.2. The molecule has 0 spiro atoms. The molecule has 7 aromatic rings. The molecule has 0 radical (unpaired) electrons. The Morgan fingerprint density at radius 2 is 1.21 bits per heavy atom. The predicted octanol–water partition coefficient (Wildman–Crippen LogP) is 8.53. The number of rotatable bonds is 1. The Labute approximate surface area is 209 Å². The lowest BCUT2D eigenvalue weighted by molar-refractivity contribution is 0.00578. The van der Waals surface area contributed by atoms with Crippen molar-refractivity contribution in [1.82, 2.24) is 0 Å². The van der Waals surface area contributed by atoms with Crippen molar-refractivity contribution in [2.75, 3.05) is 0 Å². The maximum Gasteiger partial charge on any atom is 0.496 e. The lowest BCUT2D eigenvalue weighted by atomic mass is 9.78. The third-order valence-electron chi connectivity index (χ3n) is 7.90. The van der Waals surface area contributed by atoms with E-state index in [4.69, 9.17) is 9.31 Å². The SMILES string of the molecule is CC1(C)OB(c2ccc3sc4c5ccccc5cc5sc6ccc7sc2c3c7c6c54)OC1(C)C. The standard InChI is InChI=1S/C28H21BO2S3/c1-27(2)28(3,4)31-29(30-27)16-9-10-19-23-22-18(34-26(16)23)12-11-17-21(22)24-20(32-17)13-14-7-5-6-8-15(14)25(24)33-19/h5-13H,1-4H3. The van der Waals surface area contributed by atoms with E-state index in [2.05, 4.69) is 82.3 Å². The van der Waals surface area contributed by atoms with E-state index in [1.54, 1.807) is 0 Å². The van der Waals surface area contributed by atoms with Gasteiger partial charge in [0, 0.05) is 55.2 Å². The zero-order valence-corrected chi connectivity index (χ0v) is 21.8. The highest BCUT2D eigenvalue weighted by Gasteiger charge is 2.52. The Kier molecular flexibility index (Phi) is 3.72. The van der Waals surface area contributed by atoms with Crippen LogP contribution in [-0.4, -0.2) is 18.3 Å². The van der Waals surface area contributed by atoms with Crippen LogP contribution in [0.5, 0.6) is 0 Å². The molecule has 166 valence electrons. The Balaban J connectivity index is 1.56. The van der Waals surface area contributed by atoms with E-state index in [0.717, 1.165) is 5.46 Å². The molecule has 0 atom stereocenters. The van der Waals surface area contributed by atoms with E-state index in [9.17, 15) is 0 Å². The van der Waals surface area contributed by atoms with Gasteiger partial charge in [-0.3, -0.25) is 0 Å². The molecule has 0 N–H and O–H groups in total. The fourth-order valence-corrected chi connectivity index (χ4v) is 9.28. The van der Waals surface area contributed by atoms with E-state index in [-0.39, 0.29) is 18.3 Å². The summed E-state index contributed by atoms with van der Waals surface area (Å²) in [5.74, 6) is 0. The van der Waals surface area contributed by atoms with Crippen LogP contribution in [0.2, 0.25) is 0 Å². The maximum atomic E-state index is 6.50. The topological polar surface area (TPSA) is 18.5 Å². The zero-order chi connectivity index (χ0) is 23.0. The average Bonchev–Trinajstić information content (AvgIpc) is 3.37. The molecule has 4 aromatic carbocycles. The molecule has 8 rings (SSSR count). The van der Waals surface area contributed by atoms with Crippen LogP contribution in [0.1, 0.15) is 27.7 Å². The van der Waals surface area contributed by atoms with Crippen molar-refractivity contribution in [3.05, 3.63) is 54.6 Å². The zero-order valence-electron chi connectivity index (χ0n) is 19.3. The van der Waals surface area contributed by atoms with Gasteiger partial charge in [-0.25, -0.2) is 0 Å². The minimum absolute atomic E-state index is 0.357. The Morgan fingerprint density at radius 3 is 1.97 bits per heavy atom. The summed E-state index contributed by atoms with van der Waals surface area (Å²) < 4.78 is 21.1. The molecule has 1 aliphatic heterocycles. The van der Waals surface area contributed by atoms with Crippen molar-refractivity contribution in [3.8, 4) is 0 Å². The molecule has 0 unspecified atom stereocenters. The van der Waals surface area contributed by atoms with Crippen molar-refractivity contribution >= 4 is 107 Å². The summed E-state index contributed by atoms with van der Waals surface area (Å²) in [5.41, 5.74) is 0.434. The number of thiophene rings is 2. The highest BCUT2D eigenvalue weighted by atomic mass is 32.1. The highest BCUT2D eigenvalue weighted by molar-refractivity contribution is 7.32. The Bertz CT molecular complexity index is 1920. The molecule has 0 aliphatic carbocycles. The summed E-state index contributed by atoms with van der Waals surface area (Å²) in [4.78, 5) is 0. The third kappa shape index (κ3) is 2.38. The molecule has 0 saturated carbocycles. The first kappa shape index (κ1) is 20.0. The first-order valence-corrected chi connectivity index (χ1v) is 14.1. The molecule has 1 aliphatic rings. The van der Waals surface area contributed by atoms with Crippen LogP contribution in [0.15, 0.2) is 54.6 Å². The minimum Gasteiger partial charge on any atom is -0.399 e. The van der Waals surface area contributed by atoms with Crippen LogP contribution >= 0.6 is 34.0 Å². The highest BCUT2D eigenvalue weighted by Crippen LogP contribution is 2.51. The summed E-state index contributed by atoms with van der Waals surface area (Å²) in [7, 11) is -0.360. The van der Waals surface area contributed by atoms with Gasteiger partial charge in [-0.1, -0.05) is 30.3 Å². The molecule has 6 heteroatoms. The van der Waals surface area contributed by atoms with E-state index in [0.29, 0.717) is 0 Å². The van der Waals surface area contributed by atoms with Gasteiger partial charge < -0.3 is 9.31 Å². The molecule has 1 saturated heterocycles. The van der Waals surface area contributed by atoms with Crippen LogP contribution in [0, 0.1) is 0 Å². The largest absolute Gasteiger partial charge is 0.496 e. The second-order valence-electron chi connectivity index (χ2n) is 10.4. The van der Waals surface area contributed by atoms with Gasteiger partial charge in [0.2, 0.25) is 0 Å². The van der Waals surface area contributed by atoms with E-state index < -0.39 is 0 Å². The number of benzene rings is 4. The molecule has 0 amide bonds. The number of fused-ring (bicyclic) bond motifs is 2. The second kappa shape index (κ2) is 6.31. The van der Waals surface area contributed by atoms with Crippen molar-refractivity contribution in [3.63, 3.8) is 0 Å². The lowest BCUT2D eigenvalue weighted by Crippen LogP contribution is -2.41. The van der Waals surface area contributed by atoms with E-state index >= 15 is 0 Å². The lowest BCUT2D eigenvalue weighted by Gasteiger charge is -2.32. The van der Waals surface area contributed by atoms with Crippen LogP contribution in [0.4, 0.5) is 0 Å². The Hall–Kier alpha value is -2.22. The van der Waals surface area contributed by atoms with Crippen LogP contribution in [0.25, 0.3) is 60.5 Å². The van der Waals surface area contributed by atoms with Gasteiger partial charge in [0.05, 0.1) is 11.2 Å². The van der Waals surface area contributed by atoms with Crippen molar-refractivity contribution in [2.24, 2.45) is 0 Å². The second-order valence-corrected chi connectivity index (χ2v) is 13.6. The third-order valence-corrected chi connectivity index (χ3v) is 11.4. The molecule has 1 fully saturated rings. The van der Waals surface area contributed by atoms with Gasteiger partial charge in [-0.05, 0) is 62.7 Å². The monoisotopic (exact) mass is 496 g/mol. The fraction of sp³-hybridized carbons (Fsp3) is 0.214. The van der Waals surface area contributed by atoms with Crippen LogP contribution < -0.4 is 5.46 Å². The molecular weight excluding hydrogens is 475 g/mol. The van der Waals surface area contributed by atoms with Gasteiger partial charge in [-0.15, -0.1) is 34.0 Å². The van der Waals surface area contributed by atoms with Gasteiger partial charge in [0.15, 0.2) is 0 Å². The van der Waals surface area contributed by atoms with Crippen LogP contribution in [-0.2, 0) is 9.31 Å². The maximum absolute atomic E-state index is 6.50. The summed E-state index contributed by atoms with van der Waals surface area (Å²) in [6.07, 6.45) is 0.